The number of non-ortho nitro benzene ring substituents is 1. The summed E-state index contributed by atoms with van der Waals surface area (Å²) in [6.07, 6.45) is -0.498. The number of aliphatic hydroxyl groups is 1. The molecular weight excluding hydrogens is 336 g/mol. The Bertz CT molecular complexity index is 635. The molecule has 0 radical (unpaired) electrons. The largest absolute Gasteiger partial charge is 0.391 e. The standard InChI is InChI=1S/C16H17ClN2O3S/c17-13-3-1-12(2-4-13)9-18-10-15(20)11-23-16-7-5-14(6-8-16)19(21)22/h1-8,15,18,20H,9-11H2. The molecule has 0 heterocycles. The Kier molecular flexibility index (Phi) is 6.85. The fraction of sp³-hybridized carbons (Fsp3) is 0.250. The van der Waals surface area contributed by atoms with E-state index >= 15 is 0 Å². The number of nitro benzene ring substituents is 1. The Morgan fingerprint density at radius 1 is 1.17 bits per heavy atom. The van der Waals surface area contributed by atoms with Gasteiger partial charge in [-0.05, 0) is 29.8 Å². The average molecular weight is 353 g/mol. The number of aliphatic hydroxyl groups excluding tert-OH is 1. The molecule has 0 aliphatic rings. The lowest BCUT2D eigenvalue weighted by Crippen LogP contribution is -2.28. The van der Waals surface area contributed by atoms with Crippen molar-refractivity contribution in [3.63, 3.8) is 0 Å². The van der Waals surface area contributed by atoms with E-state index in [0.29, 0.717) is 23.9 Å². The molecule has 0 bridgehead atoms. The van der Waals surface area contributed by atoms with Crippen LogP contribution in [-0.2, 0) is 6.54 Å². The molecule has 2 aromatic rings. The minimum absolute atomic E-state index is 0.0690. The van der Waals surface area contributed by atoms with Crippen molar-refractivity contribution in [3.05, 3.63) is 69.2 Å². The van der Waals surface area contributed by atoms with Crippen LogP contribution in [0.1, 0.15) is 5.56 Å². The summed E-state index contributed by atoms with van der Waals surface area (Å²) in [5, 5.41) is 24.4. The van der Waals surface area contributed by atoms with Crippen LogP contribution in [0.5, 0.6) is 0 Å². The first-order valence-electron chi connectivity index (χ1n) is 7.05. The molecule has 0 fully saturated rings. The maximum atomic E-state index is 10.6. The zero-order chi connectivity index (χ0) is 16.7. The molecule has 0 aliphatic carbocycles. The number of nitro groups is 1. The van der Waals surface area contributed by atoms with E-state index < -0.39 is 11.0 Å². The SMILES string of the molecule is O=[N+]([O-])c1ccc(SCC(O)CNCc2ccc(Cl)cc2)cc1. The Morgan fingerprint density at radius 2 is 1.83 bits per heavy atom. The van der Waals surface area contributed by atoms with Crippen LogP contribution >= 0.6 is 23.4 Å². The van der Waals surface area contributed by atoms with Crippen LogP contribution in [0.4, 0.5) is 5.69 Å². The highest BCUT2D eigenvalue weighted by Crippen LogP contribution is 2.21. The van der Waals surface area contributed by atoms with Crippen LogP contribution in [0.3, 0.4) is 0 Å². The van der Waals surface area contributed by atoms with Gasteiger partial charge in [0.1, 0.15) is 0 Å². The maximum Gasteiger partial charge on any atom is 0.269 e. The first-order chi connectivity index (χ1) is 11.0. The summed E-state index contributed by atoms with van der Waals surface area (Å²) < 4.78 is 0. The van der Waals surface area contributed by atoms with Crippen LogP contribution in [-0.4, -0.2) is 28.4 Å². The van der Waals surface area contributed by atoms with Crippen LogP contribution < -0.4 is 5.32 Å². The third-order valence-corrected chi connectivity index (χ3v) is 4.52. The quantitative estimate of drug-likeness (QED) is 0.432. The van der Waals surface area contributed by atoms with Crippen molar-refractivity contribution in [1.82, 2.24) is 5.32 Å². The van der Waals surface area contributed by atoms with E-state index in [2.05, 4.69) is 5.32 Å². The first-order valence-corrected chi connectivity index (χ1v) is 8.41. The summed E-state index contributed by atoms with van der Waals surface area (Å²) in [5.74, 6) is 0.519. The second-order valence-electron chi connectivity index (χ2n) is 4.97. The summed E-state index contributed by atoms with van der Waals surface area (Å²) >= 11 is 7.29. The summed E-state index contributed by atoms with van der Waals surface area (Å²) in [7, 11) is 0. The molecule has 0 amide bonds. The van der Waals surface area contributed by atoms with Crippen LogP contribution in [0, 0.1) is 10.1 Å². The summed E-state index contributed by atoms with van der Waals surface area (Å²) in [6.45, 7) is 1.14. The molecule has 0 saturated heterocycles. The predicted octanol–water partition coefficient (Wildman–Crippen LogP) is 3.49. The van der Waals surface area contributed by atoms with Gasteiger partial charge in [-0.15, -0.1) is 11.8 Å². The van der Waals surface area contributed by atoms with Gasteiger partial charge in [-0.2, -0.15) is 0 Å². The molecule has 7 heteroatoms. The molecule has 122 valence electrons. The van der Waals surface area contributed by atoms with Gasteiger partial charge in [-0.1, -0.05) is 23.7 Å². The van der Waals surface area contributed by atoms with E-state index in [1.54, 1.807) is 12.1 Å². The molecule has 2 aromatic carbocycles. The van der Waals surface area contributed by atoms with E-state index in [1.165, 1.54) is 23.9 Å². The van der Waals surface area contributed by atoms with E-state index in [9.17, 15) is 15.2 Å². The van der Waals surface area contributed by atoms with Gasteiger partial charge in [0, 0.05) is 40.9 Å². The number of rotatable bonds is 8. The van der Waals surface area contributed by atoms with Gasteiger partial charge < -0.3 is 10.4 Å². The fourth-order valence-corrected chi connectivity index (χ4v) is 2.86. The van der Waals surface area contributed by atoms with Crippen molar-refractivity contribution in [2.45, 2.75) is 17.5 Å². The topological polar surface area (TPSA) is 75.4 Å². The van der Waals surface area contributed by atoms with Crippen molar-refractivity contribution in [1.29, 1.82) is 0 Å². The van der Waals surface area contributed by atoms with Gasteiger partial charge in [-0.25, -0.2) is 0 Å². The lowest BCUT2D eigenvalue weighted by Gasteiger charge is -2.11. The number of hydrogen-bond donors (Lipinski definition) is 2. The Morgan fingerprint density at radius 3 is 2.43 bits per heavy atom. The molecule has 1 unspecified atom stereocenters. The molecule has 2 rings (SSSR count). The number of nitrogens with zero attached hydrogens (tertiary/aromatic N) is 1. The van der Waals surface area contributed by atoms with Gasteiger partial charge in [0.15, 0.2) is 0 Å². The highest BCUT2D eigenvalue weighted by molar-refractivity contribution is 7.99. The smallest absolute Gasteiger partial charge is 0.269 e. The summed E-state index contributed by atoms with van der Waals surface area (Å²) in [5.41, 5.74) is 1.17. The van der Waals surface area contributed by atoms with Gasteiger partial charge in [-0.3, -0.25) is 10.1 Å². The molecule has 0 aliphatic heterocycles. The molecule has 0 saturated carbocycles. The number of benzene rings is 2. The molecule has 0 aromatic heterocycles. The van der Waals surface area contributed by atoms with Crippen molar-refractivity contribution >= 4 is 29.1 Å². The second-order valence-corrected chi connectivity index (χ2v) is 6.50. The Balaban J connectivity index is 1.69. The Hall–Kier alpha value is -1.60. The molecular formula is C16H17ClN2O3S. The maximum absolute atomic E-state index is 10.6. The minimum Gasteiger partial charge on any atom is -0.391 e. The number of thioether (sulfide) groups is 1. The Labute approximate surface area is 143 Å². The minimum atomic E-state index is -0.498. The molecule has 23 heavy (non-hydrogen) atoms. The number of hydrogen-bond acceptors (Lipinski definition) is 5. The van der Waals surface area contributed by atoms with Gasteiger partial charge in [0.25, 0.3) is 5.69 Å². The van der Waals surface area contributed by atoms with E-state index in [-0.39, 0.29) is 5.69 Å². The third kappa shape index (κ3) is 6.19. The van der Waals surface area contributed by atoms with Crippen LogP contribution in [0.2, 0.25) is 5.02 Å². The van der Waals surface area contributed by atoms with Gasteiger partial charge >= 0.3 is 0 Å². The average Bonchev–Trinajstić information content (AvgIpc) is 2.55. The fourth-order valence-electron chi connectivity index (χ4n) is 1.90. The van der Waals surface area contributed by atoms with Gasteiger partial charge in [0.05, 0.1) is 11.0 Å². The van der Waals surface area contributed by atoms with E-state index in [4.69, 9.17) is 11.6 Å². The van der Waals surface area contributed by atoms with Crippen LogP contribution in [0.25, 0.3) is 0 Å². The summed E-state index contributed by atoms with van der Waals surface area (Å²) in [6, 6.07) is 13.9. The van der Waals surface area contributed by atoms with Crippen molar-refractivity contribution in [2.75, 3.05) is 12.3 Å². The monoisotopic (exact) mass is 352 g/mol. The second kappa shape index (κ2) is 8.88. The van der Waals surface area contributed by atoms with Crippen molar-refractivity contribution in [2.24, 2.45) is 0 Å². The lowest BCUT2D eigenvalue weighted by atomic mass is 10.2. The molecule has 2 N–H and O–H groups in total. The molecule has 5 nitrogen and oxygen atoms in total. The third-order valence-electron chi connectivity index (χ3n) is 3.11. The highest BCUT2D eigenvalue weighted by Gasteiger charge is 2.07. The molecule has 0 spiro atoms. The summed E-state index contributed by atoms with van der Waals surface area (Å²) in [4.78, 5) is 11.0. The van der Waals surface area contributed by atoms with Gasteiger partial charge in [0.2, 0.25) is 0 Å². The number of nitrogens with one attached hydrogen (secondary N) is 1. The number of halogens is 1. The zero-order valence-electron chi connectivity index (χ0n) is 12.3. The normalized spacial score (nSPS) is 12.1. The highest BCUT2D eigenvalue weighted by atomic mass is 35.5. The predicted molar refractivity (Wildman–Crippen MR) is 93.0 cm³/mol. The lowest BCUT2D eigenvalue weighted by molar-refractivity contribution is -0.384. The zero-order valence-corrected chi connectivity index (χ0v) is 13.9. The van der Waals surface area contributed by atoms with E-state index in [1.807, 2.05) is 24.3 Å². The van der Waals surface area contributed by atoms with Crippen molar-refractivity contribution < 1.29 is 10.0 Å². The van der Waals surface area contributed by atoms with Crippen molar-refractivity contribution in [3.8, 4) is 0 Å². The first kappa shape index (κ1) is 17.7. The molecule has 1 atom stereocenters. The van der Waals surface area contributed by atoms with E-state index in [0.717, 1.165) is 10.5 Å². The van der Waals surface area contributed by atoms with Crippen LogP contribution in [0.15, 0.2) is 53.4 Å².